The molecule has 7 heteroatoms. The molecule has 2 rings (SSSR count). The Kier molecular flexibility index (Phi) is 3.66. The van der Waals surface area contributed by atoms with Crippen molar-refractivity contribution in [1.29, 1.82) is 0 Å². The first-order chi connectivity index (χ1) is 9.06. The zero-order chi connectivity index (χ0) is 14.0. The van der Waals surface area contributed by atoms with Crippen molar-refractivity contribution in [3.8, 4) is 0 Å². The van der Waals surface area contributed by atoms with Gasteiger partial charge in [0.25, 0.3) is 11.1 Å². The van der Waals surface area contributed by atoms with Crippen LogP contribution < -0.4 is 5.73 Å². The van der Waals surface area contributed by atoms with Gasteiger partial charge in [-0.25, -0.2) is 0 Å². The number of carbonyl (C=O) groups excluding carboxylic acids is 3. The van der Waals surface area contributed by atoms with Gasteiger partial charge in [-0.3, -0.25) is 14.5 Å². The van der Waals surface area contributed by atoms with Crippen molar-refractivity contribution < 1.29 is 14.4 Å². The van der Waals surface area contributed by atoms with Crippen LogP contribution in [-0.4, -0.2) is 34.2 Å². The number of hydrogen-bond donors (Lipinski definition) is 1. The monoisotopic (exact) mass is 277 g/mol. The number of benzene rings is 1. The van der Waals surface area contributed by atoms with Crippen molar-refractivity contribution in [2.75, 3.05) is 0 Å². The summed E-state index contributed by atoms with van der Waals surface area (Å²) >= 11 is 0.543. The predicted octanol–water partition coefficient (Wildman–Crippen LogP) is 1.20. The Bertz CT molecular complexity index is 585. The van der Waals surface area contributed by atoms with Crippen molar-refractivity contribution in [2.45, 2.75) is 13.0 Å². The Labute approximate surface area is 113 Å². The van der Waals surface area contributed by atoms with Crippen molar-refractivity contribution in [3.05, 3.63) is 35.4 Å². The number of amidine groups is 1. The van der Waals surface area contributed by atoms with E-state index in [-0.39, 0.29) is 11.7 Å². The van der Waals surface area contributed by atoms with Crippen LogP contribution in [0.5, 0.6) is 0 Å². The largest absolute Gasteiger partial charge is 0.359 e. The lowest BCUT2D eigenvalue weighted by Crippen LogP contribution is -2.39. The number of nitrogens with two attached hydrogens (primary N) is 1. The molecule has 1 unspecified atom stereocenters. The summed E-state index contributed by atoms with van der Waals surface area (Å²) in [6, 6.07) is 6.19. The lowest BCUT2D eigenvalue weighted by molar-refractivity contribution is -0.110. The maximum absolute atomic E-state index is 12.2. The SMILES string of the molecule is CC(C=O)N1C(=O)c2ccccc2/C1=N\SC(N)=O. The van der Waals surface area contributed by atoms with E-state index in [2.05, 4.69) is 4.40 Å². The minimum Gasteiger partial charge on any atom is -0.359 e. The van der Waals surface area contributed by atoms with Gasteiger partial charge < -0.3 is 10.5 Å². The topological polar surface area (TPSA) is 92.8 Å². The van der Waals surface area contributed by atoms with Crippen LogP contribution in [0.1, 0.15) is 22.8 Å². The summed E-state index contributed by atoms with van der Waals surface area (Å²) in [4.78, 5) is 35.2. The summed E-state index contributed by atoms with van der Waals surface area (Å²) < 4.78 is 3.97. The third-order valence-corrected chi connectivity index (χ3v) is 3.12. The van der Waals surface area contributed by atoms with Crippen molar-refractivity contribution in [2.24, 2.45) is 10.1 Å². The molecule has 0 saturated heterocycles. The first kappa shape index (κ1) is 13.3. The van der Waals surface area contributed by atoms with Gasteiger partial charge in [-0.2, -0.15) is 4.40 Å². The van der Waals surface area contributed by atoms with Crippen LogP contribution >= 0.6 is 11.9 Å². The highest BCUT2D eigenvalue weighted by atomic mass is 32.2. The van der Waals surface area contributed by atoms with Crippen LogP contribution in [0.25, 0.3) is 0 Å². The van der Waals surface area contributed by atoms with Crippen molar-refractivity contribution in [3.63, 3.8) is 0 Å². The second-order valence-electron chi connectivity index (χ2n) is 3.92. The highest BCUT2D eigenvalue weighted by Crippen LogP contribution is 2.26. The summed E-state index contributed by atoms with van der Waals surface area (Å²) in [7, 11) is 0. The molecule has 0 radical (unpaired) electrons. The molecule has 1 aliphatic rings. The van der Waals surface area contributed by atoms with E-state index in [4.69, 9.17) is 5.73 Å². The average molecular weight is 277 g/mol. The molecule has 1 aliphatic heterocycles. The Morgan fingerprint density at radius 1 is 1.42 bits per heavy atom. The van der Waals surface area contributed by atoms with Crippen molar-refractivity contribution in [1.82, 2.24) is 4.90 Å². The molecule has 1 aromatic carbocycles. The summed E-state index contributed by atoms with van der Waals surface area (Å²) in [5.41, 5.74) is 6.07. The molecule has 0 bridgehead atoms. The van der Waals surface area contributed by atoms with Gasteiger partial charge in [0, 0.05) is 5.56 Å². The van der Waals surface area contributed by atoms with Gasteiger partial charge in [-0.05, 0) is 13.0 Å². The summed E-state index contributed by atoms with van der Waals surface area (Å²) in [5, 5.41) is -0.678. The Balaban J connectivity index is 2.51. The fraction of sp³-hybridized carbons (Fsp3) is 0.167. The van der Waals surface area contributed by atoms with E-state index in [0.29, 0.717) is 29.4 Å². The maximum Gasteiger partial charge on any atom is 0.299 e. The maximum atomic E-state index is 12.2. The molecule has 0 saturated carbocycles. The minimum absolute atomic E-state index is 0.281. The van der Waals surface area contributed by atoms with E-state index in [9.17, 15) is 14.4 Å². The van der Waals surface area contributed by atoms with E-state index < -0.39 is 11.3 Å². The second-order valence-corrected chi connectivity index (χ2v) is 4.69. The van der Waals surface area contributed by atoms with Crippen LogP contribution in [0.15, 0.2) is 28.7 Å². The van der Waals surface area contributed by atoms with E-state index in [1.807, 2.05) is 0 Å². The van der Waals surface area contributed by atoms with Crippen LogP contribution in [0.3, 0.4) is 0 Å². The number of fused-ring (bicyclic) bond motifs is 1. The molecular weight excluding hydrogens is 266 g/mol. The fourth-order valence-electron chi connectivity index (χ4n) is 1.84. The average Bonchev–Trinajstić information content (AvgIpc) is 2.69. The number of amides is 2. The summed E-state index contributed by atoms with van der Waals surface area (Å²) in [5.74, 6) is -0.0250. The standard InChI is InChI=1S/C12H11N3O3S/c1-7(6-16)15-10(14-19-12(13)18)8-4-2-3-5-9(8)11(15)17/h2-7H,1H3,(H2,13,18)/b14-10+. The van der Waals surface area contributed by atoms with Gasteiger partial charge in [0.05, 0.1) is 23.6 Å². The molecule has 6 nitrogen and oxygen atoms in total. The Morgan fingerprint density at radius 3 is 2.63 bits per heavy atom. The molecule has 0 spiro atoms. The Hall–Kier alpha value is -2.15. The number of rotatable bonds is 3. The van der Waals surface area contributed by atoms with E-state index >= 15 is 0 Å². The normalized spacial score (nSPS) is 17.4. The molecule has 98 valence electrons. The first-order valence-corrected chi connectivity index (χ1v) is 6.26. The minimum atomic E-state index is -0.678. The van der Waals surface area contributed by atoms with E-state index in [1.165, 1.54) is 4.90 Å². The highest BCUT2D eigenvalue weighted by molar-refractivity contribution is 8.12. The molecule has 0 fully saturated rings. The van der Waals surface area contributed by atoms with Crippen molar-refractivity contribution >= 4 is 35.2 Å². The molecule has 1 heterocycles. The molecule has 1 atom stereocenters. The molecule has 1 aromatic rings. The molecule has 19 heavy (non-hydrogen) atoms. The van der Waals surface area contributed by atoms with Gasteiger partial charge in [0.15, 0.2) is 5.84 Å². The quantitative estimate of drug-likeness (QED) is 0.663. The number of hydrogen-bond acceptors (Lipinski definition) is 5. The molecule has 2 amide bonds. The van der Waals surface area contributed by atoms with Crippen LogP contribution in [0, 0.1) is 0 Å². The van der Waals surface area contributed by atoms with Crippen LogP contribution in [-0.2, 0) is 4.79 Å². The van der Waals surface area contributed by atoms with Gasteiger partial charge in [-0.15, -0.1) is 0 Å². The number of aldehydes is 1. The van der Waals surface area contributed by atoms with E-state index in [0.717, 1.165) is 0 Å². The lowest BCUT2D eigenvalue weighted by Gasteiger charge is -2.19. The zero-order valence-corrected chi connectivity index (χ0v) is 10.9. The van der Waals surface area contributed by atoms with Gasteiger partial charge >= 0.3 is 0 Å². The van der Waals surface area contributed by atoms with Gasteiger partial charge in [0.2, 0.25) is 0 Å². The molecule has 0 aromatic heterocycles. The van der Waals surface area contributed by atoms with E-state index in [1.54, 1.807) is 31.2 Å². The fourth-order valence-corrected chi connectivity index (χ4v) is 2.20. The molecule has 2 N–H and O–H groups in total. The van der Waals surface area contributed by atoms with Gasteiger partial charge in [-0.1, -0.05) is 18.2 Å². The first-order valence-electron chi connectivity index (χ1n) is 5.49. The third-order valence-electron chi connectivity index (χ3n) is 2.67. The highest BCUT2D eigenvalue weighted by Gasteiger charge is 2.36. The summed E-state index contributed by atoms with van der Waals surface area (Å²) in [6.07, 6.45) is 0.647. The van der Waals surface area contributed by atoms with Gasteiger partial charge in [0.1, 0.15) is 6.29 Å². The zero-order valence-electron chi connectivity index (χ0n) is 10.1. The third kappa shape index (κ3) is 2.37. The number of nitrogens with zero attached hydrogens (tertiary/aromatic N) is 2. The second kappa shape index (κ2) is 5.23. The lowest BCUT2D eigenvalue weighted by atomic mass is 10.1. The Morgan fingerprint density at radius 2 is 2.05 bits per heavy atom. The number of primary amides is 1. The number of carbonyl (C=O) groups is 3. The van der Waals surface area contributed by atoms with Crippen LogP contribution in [0.4, 0.5) is 4.79 Å². The molecule has 0 aliphatic carbocycles. The smallest absolute Gasteiger partial charge is 0.299 e. The predicted molar refractivity (Wildman–Crippen MR) is 71.8 cm³/mol. The summed E-state index contributed by atoms with van der Waals surface area (Å²) in [6.45, 7) is 1.58. The molecular formula is C12H11N3O3S. The van der Waals surface area contributed by atoms with Crippen LogP contribution in [0.2, 0.25) is 0 Å².